The van der Waals surface area contributed by atoms with Crippen LogP contribution in [0.4, 0.5) is 0 Å². The lowest BCUT2D eigenvalue weighted by Crippen LogP contribution is -2.47. The molecule has 0 aromatic rings. The molecule has 0 aliphatic rings. The predicted octanol–water partition coefficient (Wildman–Crippen LogP) is 19.8. The first kappa shape index (κ1) is 74.2. The van der Waals surface area contributed by atoms with Crippen LogP contribution in [0.15, 0.2) is 85.1 Å². The zero-order valence-corrected chi connectivity index (χ0v) is 51.8. The Labute approximate surface area is 476 Å². The Kier molecular flexibility index (Phi) is 54.4. The lowest BCUT2D eigenvalue weighted by Gasteiger charge is -2.27. The molecular formula is C67H122N2O7P+. The highest BCUT2D eigenvalue weighted by Crippen LogP contribution is 2.43. The van der Waals surface area contributed by atoms with Crippen LogP contribution in [0.25, 0.3) is 0 Å². The molecule has 0 aromatic heterocycles. The van der Waals surface area contributed by atoms with Gasteiger partial charge >= 0.3 is 13.8 Å². The summed E-state index contributed by atoms with van der Waals surface area (Å²) in [6, 6.07) is -0.890. The number of hydrogen-bond acceptors (Lipinski definition) is 6. The van der Waals surface area contributed by atoms with Crippen molar-refractivity contribution in [2.75, 3.05) is 40.9 Å². The van der Waals surface area contributed by atoms with E-state index in [0.29, 0.717) is 17.4 Å². The normalized spacial score (nSPS) is 14.2. The van der Waals surface area contributed by atoms with Crippen LogP contribution in [-0.4, -0.2) is 74.3 Å². The number of carbonyl (C=O) groups is 2. The van der Waals surface area contributed by atoms with Crippen molar-refractivity contribution in [3.05, 3.63) is 85.1 Å². The smallest absolute Gasteiger partial charge is 0.456 e. The number of nitrogens with zero attached hydrogens (tertiary/aromatic N) is 1. The van der Waals surface area contributed by atoms with Gasteiger partial charge in [0.15, 0.2) is 0 Å². The van der Waals surface area contributed by atoms with Gasteiger partial charge in [0.2, 0.25) is 5.91 Å². The van der Waals surface area contributed by atoms with Crippen molar-refractivity contribution >= 4 is 19.7 Å². The molecule has 446 valence electrons. The van der Waals surface area contributed by atoms with E-state index in [-0.39, 0.29) is 37.9 Å². The third kappa shape index (κ3) is 57.7. The molecule has 77 heavy (non-hydrogen) atoms. The van der Waals surface area contributed by atoms with E-state index in [1.807, 2.05) is 39.4 Å². The Morgan fingerprint density at radius 3 is 1.25 bits per heavy atom. The van der Waals surface area contributed by atoms with Gasteiger partial charge in [-0.1, -0.05) is 280 Å². The van der Waals surface area contributed by atoms with Crippen molar-refractivity contribution in [2.45, 2.75) is 290 Å². The van der Waals surface area contributed by atoms with Crippen molar-refractivity contribution in [1.82, 2.24) is 5.32 Å². The van der Waals surface area contributed by atoms with Crippen molar-refractivity contribution < 1.29 is 37.3 Å². The molecule has 0 bridgehead atoms. The van der Waals surface area contributed by atoms with E-state index >= 15 is 0 Å². The molecule has 0 spiro atoms. The molecule has 0 heterocycles. The van der Waals surface area contributed by atoms with Gasteiger partial charge in [-0.2, -0.15) is 0 Å². The van der Waals surface area contributed by atoms with E-state index < -0.39 is 20.0 Å². The minimum absolute atomic E-state index is 0.0246. The van der Waals surface area contributed by atoms with Crippen LogP contribution >= 0.6 is 7.82 Å². The summed E-state index contributed by atoms with van der Waals surface area (Å²) in [4.78, 5) is 37.7. The van der Waals surface area contributed by atoms with E-state index in [1.54, 1.807) is 0 Å². The highest BCUT2D eigenvalue weighted by molar-refractivity contribution is 7.47. The maximum atomic E-state index is 13.5. The Hall–Kier alpha value is -2.81. The fourth-order valence-electron chi connectivity index (χ4n) is 8.96. The maximum absolute atomic E-state index is 13.5. The number of esters is 1. The molecule has 0 fully saturated rings. The van der Waals surface area contributed by atoms with Gasteiger partial charge in [-0.25, -0.2) is 4.57 Å². The quantitative estimate of drug-likeness (QED) is 0.0205. The van der Waals surface area contributed by atoms with E-state index in [9.17, 15) is 19.0 Å². The van der Waals surface area contributed by atoms with Gasteiger partial charge in [-0.05, 0) is 70.3 Å². The van der Waals surface area contributed by atoms with E-state index in [2.05, 4.69) is 92.9 Å². The summed E-state index contributed by atoms with van der Waals surface area (Å²) in [5.74, 6) is -0.598. The summed E-state index contributed by atoms with van der Waals surface area (Å²) in [5.41, 5.74) is 0. The average molecular weight is 1100 g/mol. The standard InChI is InChI=1S/C67H121N2O7P/c1-7-10-13-16-19-22-25-27-29-31-33-34-36-38-40-42-45-48-51-54-57-60-67(71)76-65(58-55-52-49-46-43-24-21-18-15-12-9-3)64(63-75-77(72,73)74-62-61-69(4,5)6)68-66(70)59-56-53-50-47-44-41-39-37-35-32-30-28-26-23-20-17-14-11-8-2/h11,14,20,23,28,30,35,37,41,44,50,53,55,58,64-65H,7-10,12-13,15-19,21-22,24-27,29,31-34,36,38-40,42-43,45-49,51-52,54,56-57,59-63H2,1-6H3,(H-,68,70,72,73)/p+1/b14-11-,23-20-,30-28-,37-35-,44-41-,53-50-,58-55+. The van der Waals surface area contributed by atoms with E-state index in [1.165, 1.54) is 161 Å². The Morgan fingerprint density at radius 2 is 0.844 bits per heavy atom. The average Bonchev–Trinajstić information content (AvgIpc) is 3.39. The first-order valence-corrected chi connectivity index (χ1v) is 33.4. The van der Waals surface area contributed by atoms with Crippen molar-refractivity contribution in [3.63, 3.8) is 0 Å². The number of likely N-dealkylation sites (N-methyl/N-ethyl adjacent to an activating group) is 1. The highest BCUT2D eigenvalue weighted by Gasteiger charge is 2.30. The number of amides is 1. The molecule has 0 radical (unpaired) electrons. The molecule has 2 N–H and O–H groups in total. The third-order valence-corrected chi connectivity index (χ3v) is 14.8. The second-order valence-electron chi connectivity index (χ2n) is 22.6. The monoisotopic (exact) mass is 1100 g/mol. The fraction of sp³-hybridized carbons (Fsp3) is 0.761. The molecule has 0 rings (SSSR count). The number of unbranched alkanes of at least 4 members (excludes halogenated alkanes) is 29. The molecule has 0 aliphatic heterocycles. The first-order chi connectivity index (χ1) is 37.4. The van der Waals surface area contributed by atoms with Gasteiger partial charge in [0.05, 0.1) is 33.8 Å². The van der Waals surface area contributed by atoms with Crippen LogP contribution in [0.3, 0.4) is 0 Å². The number of ether oxygens (including phenoxy) is 1. The van der Waals surface area contributed by atoms with Gasteiger partial charge in [-0.15, -0.1) is 0 Å². The highest BCUT2D eigenvalue weighted by atomic mass is 31.2. The van der Waals surface area contributed by atoms with Crippen LogP contribution in [0.2, 0.25) is 0 Å². The molecule has 0 saturated heterocycles. The maximum Gasteiger partial charge on any atom is 0.472 e. The number of phosphoric ester groups is 1. The molecule has 0 aliphatic carbocycles. The molecule has 3 unspecified atom stereocenters. The number of carbonyl (C=O) groups excluding carboxylic acids is 2. The zero-order valence-electron chi connectivity index (χ0n) is 50.9. The summed E-state index contributed by atoms with van der Waals surface area (Å²) in [6.45, 7) is 6.85. The molecular weight excluding hydrogens is 976 g/mol. The molecule has 9 nitrogen and oxygen atoms in total. The predicted molar refractivity (Wildman–Crippen MR) is 332 cm³/mol. The summed E-state index contributed by atoms with van der Waals surface area (Å²) >= 11 is 0. The van der Waals surface area contributed by atoms with Gasteiger partial charge in [0.25, 0.3) is 0 Å². The van der Waals surface area contributed by atoms with Crippen molar-refractivity contribution in [1.29, 1.82) is 0 Å². The molecule has 10 heteroatoms. The topological polar surface area (TPSA) is 111 Å². The number of quaternary nitrogens is 1. The van der Waals surface area contributed by atoms with E-state index in [0.717, 1.165) is 77.0 Å². The molecule has 0 saturated carbocycles. The first-order valence-electron chi connectivity index (χ1n) is 31.9. The summed E-state index contributed by atoms with van der Waals surface area (Å²) in [7, 11) is 1.45. The minimum Gasteiger partial charge on any atom is -0.456 e. The van der Waals surface area contributed by atoms with Crippen LogP contribution < -0.4 is 5.32 Å². The Morgan fingerprint density at radius 1 is 0.468 bits per heavy atom. The molecule has 0 aromatic carbocycles. The number of allylic oxidation sites excluding steroid dienone is 13. The molecule has 1 amide bonds. The SMILES string of the molecule is CC/C=C\C/C=C\C/C=C\C/C=C\C/C=C\C/C=C\CCC(=O)NC(COP(=O)(O)OCC[N+](C)(C)C)C(/C=C/CCCCCCCCCCC)OC(=O)CCCCCCCCCCCCCCCCCCCCCCC. The number of rotatable bonds is 57. The van der Waals surface area contributed by atoms with E-state index in [4.69, 9.17) is 13.8 Å². The Bertz CT molecular complexity index is 1590. The summed E-state index contributed by atoms with van der Waals surface area (Å²) in [5, 5.41) is 3.01. The summed E-state index contributed by atoms with van der Waals surface area (Å²) in [6.07, 6.45) is 74.7. The van der Waals surface area contributed by atoms with Gasteiger partial charge in [0, 0.05) is 12.8 Å². The zero-order chi connectivity index (χ0) is 56.4. The number of nitrogens with one attached hydrogen (secondary N) is 1. The van der Waals surface area contributed by atoms with Crippen LogP contribution in [0.1, 0.15) is 278 Å². The number of phosphoric acid groups is 1. The second kappa shape index (κ2) is 56.5. The van der Waals surface area contributed by atoms with Crippen molar-refractivity contribution in [3.8, 4) is 0 Å². The second-order valence-corrected chi connectivity index (χ2v) is 24.0. The number of hydrogen-bond donors (Lipinski definition) is 2. The third-order valence-electron chi connectivity index (χ3n) is 13.9. The van der Waals surface area contributed by atoms with Crippen LogP contribution in [-0.2, 0) is 27.9 Å². The molecule has 3 atom stereocenters. The van der Waals surface area contributed by atoms with Crippen LogP contribution in [0.5, 0.6) is 0 Å². The fourth-order valence-corrected chi connectivity index (χ4v) is 9.70. The van der Waals surface area contributed by atoms with Crippen molar-refractivity contribution in [2.24, 2.45) is 0 Å². The van der Waals surface area contributed by atoms with Crippen LogP contribution in [0, 0.1) is 0 Å². The van der Waals surface area contributed by atoms with Gasteiger partial charge in [-0.3, -0.25) is 18.6 Å². The lowest BCUT2D eigenvalue weighted by molar-refractivity contribution is -0.870. The summed E-state index contributed by atoms with van der Waals surface area (Å²) < 4.78 is 30.6. The minimum atomic E-state index is -4.47. The largest absolute Gasteiger partial charge is 0.472 e. The van der Waals surface area contributed by atoms with Gasteiger partial charge < -0.3 is 19.4 Å². The Balaban J connectivity index is 5.26. The lowest BCUT2D eigenvalue weighted by atomic mass is 10.0. The van der Waals surface area contributed by atoms with Gasteiger partial charge in [0.1, 0.15) is 19.3 Å².